The molecule has 0 spiro atoms. The fourth-order valence-electron chi connectivity index (χ4n) is 2.13. The summed E-state index contributed by atoms with van der Waals surface area (Å²) in [5.74, 6) is -0.385. The number of carbonyl (C=O) groups excluding carboxylic acids is 1. The van der Waals surface area contributed by atoms with Gasteiger partial charge in [0.2, 0.25) is 0 Å². The zero-order chi connectivity index (χ0) is 18.0. The molecule has 0 radical (unpaired) electrons. The highest BCUT2D eigenvalue weighted by molar-refractivity contribution is 5.89. The standard InChI is InChI=1S/C17H16F4N2O/c1-16(2,11-3-7-13(18)8-4-11)23-15(24)22-14-9-5-12(6-10-14)17(19,20)21/h3-10H,1-2H3,(H2,22,23,24). The van der Waals surface area contributed by atoms with E-state index in [0.717, 1.165) is 12.1 Å². The quantitative estimate of drug-likeness (QED) is 0.767. The maximum atomic E-state index is 13.0. The lowest BCUT2D eigenvalue weighted by Crippen LogP contribution is -2.43. The van der Waals surface area contributed by atoms with E-state index in [1.807, 2.05) is 0 Å². The van der Waals surface area contributed by atoms with Gasteiger partial charge in [0.15, 0.2) is 0 Å². The summed E-state index contributed by atoms with van der Waals surface area (Å²) in [4.78, 5) is 12.0. The van der Waals surface area contributed by atoms with Gasteiger partial charge in [-0.3, -0.25) is 0 Å². The van der Waals surface area contributed by atoms with E-state index >= 15 is 0 Å². The summed E-state index contributed by atoms with van der Waals surface area (Å²) in [6.45, 7) is 3.46. The van der Waals surface area contributed by atoms with Gasteiger partial charge in [-0.15, -0.1) is 0 Å². The third-order valence-corrected chi connectivity index (χ3v) is 3.46. The van der Waals surface area contributed by atoms with E-state index < -0.39 is 23.3 Å². The Labute approximate surface area is 136 Å². The van der Waals surface area contributed by atoms with Crippen molar-refractivity contribution in [3.8, 4) is 0 Å². The minimum Gasteiger partial charge on any atom is -0.329 e. The van der Waals surface area contributed by atoms with Crippen LogP contribution in [0.1, 0.15) is 25.0 Å². The fourth-order valence-corrected chi connectivity index (χ4v) is 2.13. The van der Waals surface area contributed by atoms with E-state index in [4.69, 9.17) is 0 Å². The average Bonchev–Trinajstić information content (AvgIpc) is 2.46. The molecule has 2 amide bonds. The molecule has 0 aliphatic rings. The summed E-state index contributed by atoms with van der Waals surface area (Å²) in [7, 11) is 0. The van der Waals surface area contributed by atoms with Crippen LogP contribution in [0, 0.1) is 5.82 Å². The van der Waals surface area contributed by atoms with Crippen molar-refractivity contribution in [1.82, 2.24) is 5.32 Å². The zero-order valence-electron chi connectivity index (χ0n) is 13.0. The molecule has 24 heavy (non-hydrogen) atoms. The van der Waals surface area contributed by atoms with Crippen molar-refractivity contribution >= 4 is 11.7 Å². The van der Waals surface area contributed by atoms with E-state index in [-0.39, 0.29) is 11.5 Å². The summed E-state index contributed by atoms with van der Waals surface area (Å²) in [5.41, 5.74) is -0.661. The predicted octanol–water partition coefficient (Wildman–Crippen LogP) is 4.90. The maximum absolute atomic E-state index is 13.0. The van der Waals surface area contributed by atoms with E-state index in [1.54, 1.807) is 26.0 Å². The zero-order valence-corrected chi connectivity index (χ0v) is 13.0. The number of amides is 2. The second-order valence-corrected chi connectivity index (χ2v) is 5.79. The van der Waals surface area contributed by atoms with E-state index in [2.05, 4.69) is 10.6 Å². The molecular weight excluding hydrogens is 324 g/mol. The molecule has 0 bridgehead atoms. The van der Waals surface area contributed by atoms with Crippen LogP contribution in [0.2, 0.25) is 0 Å². The molecule has 2 N–H and O–H groups in total. The van der Waals surface area contributed by atoms with Crippen LogP contribution in [0.25, 0.3) is 0 Å². The van der Waals surface area contributed by atoms with Gasteiger partial charge in [0.1, 0.15) is 5.82 Å². The Balaban J connectivity index is 2.03. The van der Waals surface area contributed by atoms with Crippen LogP contribution in [-0.2, 0) is 11.7 Å². The highest BCUT2D eigenvalue weighted by atomic mass is 19.4. The molecule has 0 atom stereocenters. The van der Waals surface area contributed by atoms with E-state index in [1.165, 1.54) is 24.3 Å². The Kier molecular flexibility index (Phi) is 4.82. The molecule has 0 aromatic heterocycles. The molecule has 128 valence electrons. The van der Waals surface area contributed by atoms with Gasteiger partial charge in [-0.2, -0.15) is 13.2 Å². The second kappa shape index (κ2) is 6.51. The Hall–Kier alpha value is -2.57. The first-order chi connectivity index (χ1) is 11.1. The van der Waals surface area contributed by atoms with Gasteiger partial charge in [0.25, 0.3) is 0 Å². The molecule has 0 aliphatic carbocycles. The van der Waals surface area contributed by atoms with Crippen molar-refractivity contribution in [3.05, 3.63) is 65.5 Å². The number of carbonyl (C=O) groups is 1. The van der Waals surface area contributed by atoms with Crippen molar-refractivity contribution in [2.24, 2.45) is 0 Å². The summed E-state index contributed by atoms with van der Waals surface area (Å²) in [5, 5.41) is 5.16. The third-order valence-electron chi connectivity index (χ3n) is 3.46. The van der Waals surface area contributed by atoms with Crippen LogP contribution in [-0.4, -0.2) is 6.03 Å². The van der Waals surface area contributed by atoms with Crippen LogP contribution >= 0.6 is 0 Å². The maximum Gasteiger partial charge on any atom is 0.416 e. The Morgan fingerprint density at radius 3 is 1.88 bits per heavy atom. The van der Waals surface area contributed by atoms with Crippen LogP contribution < -0.4 is 10.6 Å². The van der Waals surface area contributed by atoms with Crippen LogP contribution in [0.5, 0.6) is 0 Å². The number of hydrogen-bond acceptors (Lipinski definition) is 1. The highest BCUT2D eigenvalue weighted by Crippen LogP contribution is 2.29. The van der Waals surface area contributed by atoms with Crippen molar-refractivity contribution < 1.29 is 22.4 Å². The second-order valence-electron chi connectivity index (χ2n) is 5.79. The molecule has 2 rings (SSSR count). The largest absolute Gasteiger partial charge is 0.416 e. The summed E-state index contributed by atoms with van der Waals surface area (Å²) >= 11 is 0. The number of urea groups is 1. The summed E-state index contributed by atoms with van der Waals surface area (Å²) in [6.07, 6.45) is -4.43. The Morgan fingerprint density at radius 1 is 0.875 bits per heavy atom. The van der Waals surface area contributed by atoms with Gasteiger partial charge < -0.3 is 10.6 Å². The van der Waals surface area contributed by atoms with Crippen LogP contribution in [0.4, 0.5) is 28.0 Å². The van der Waals surface area contributed by atoms with Crippen LogP contribution in [0.15, 0.2) is 48.5 Å². The van der Waals surface area contributed by atoms with E-state index in [0.29, 0.717) is 5.56 Å². The fraction of sp³-hybridized carbons (Fsp3) is 0.235. The van der Waals surface area contributed by atoms with Crippen molar-refractivity contribution in [2.75, 3.05) is 5.32 Å². The normalized spacial score (nSPS) is 11.9. The number of alkyl halides is 3. The molecule has 3 nitrogen and oxygen atoms in total. The number of halogens is 4. The van der Waals surface area contributed by atoms with Gasteiger partial charge in [-0.1, -0.05) is 12.1 Å². The van der Waals surface area contributed by atoms with Crippen molar-refractivity contribution in [1.29, 1.82) is 0 Å². The minimum atomic E-state index is -4.43. The number of rotatable bonds is 3. The lowest BCUT2D eigenvalue weighted by atomic mass is 9.94. The number of nitrogens with one attached hydrogen (secondary N) is 2. The number of benzene rings is 2. The Morgan fingerprint density at radius 2 is 1.38 bits per heavy atom. The minimum absolute atomic E-state index is 0.232. The number of anilines is 1. The third kappa shape index (κ3) is 4.47. The molecule has 2 aromatic carbocycles. The Bertz CT molecular complexity index is 707. The molecule has 7 heteroatoms. The topological polar surface area (TPSA) is 41.1 Å². The smallest absolute Gasteiger partial charge is 0.329 e. The molecule has 2 aromatic rings. The van der Waals surface area contributed by atoms with Gasteiger partial charge in [0.05, 0.1) is 11.1 Å². The van der Waals surface area contributed by atoms with Gasteiger partial charge in [-0.25, -0.2) is 9.18 Å². The first kappa shape index (κ1) is 17.8. The van der Waals surface area contributed by atoms with Gasteiger partial charge in [-0.05, 0) is 55.8 Å². The number of hydrogen-bond donors (Lipinski definition) is 2. The van der Waals surface area contributed by atoms with Crippen molar-refractivity contribution in [2.45, 2.75) is 25.6 Å². The predicted molar refractivity (Wildman–Crippen MR) is 83.0 cm³/mol. The van der Waals surface area contributed by atoms with Gasteiger partial charge in [0, 0.05) is 5.69 Å². The highest BCUT2D eigenvalue weighted by Gasteiger charge is 2.30. The molecular formula is C17H16F4N2O. The van der Waals surface area contributed by atoms with Crippen molar-refractivity contribution in [3.63, 3.8) is 0 Å². The summed E-state index contributed by atoms with van der Waals surface area (Å²) in [6, 6.07) is 9.21. The molecule has 0 saturated carbocycles. The first-order valence-electron chi connectivity index (χ1n) is 7.10. The lowest BCUT2D eigenvalue weighted by molar-refractivity contribution is -0.137. The van der Waals surface area contributed by atoms with Crippen LogP contribution in [0.3, 0.4) is 0 Å². The summed E-state index contributed by atoms with van der Waals surface area (Å²) < 4.78 is 50.4. The lowest BCUT2D eigenvalue weighted by Gasteiger charge is -2.27. The first-order valence-corrected chi connectivity index (χ1v) is 7.10. The molecule has 0 unspecified atom stereocenters. The molecule has 0 fully saturated rings. The van der Waals surface area contributed by atoms with Gasteiger partial charge >= 0.3 is 12.2 Å². The average molecular weight is 340 g/mol. The monoisotopic (exact) mass is 340 g/mol. The SMILES string of the molecule is CC(C)(NC(=O)Nc1ccc(C(F)(F)F)cc1)c1ccc(F)cc1. The molecule has 0 aliphatic heterocycles. The molecule has 0 heterocycles. The van der Waals surface area contributed by atoms with E-state index in [9.17, 15) is 22.4 Å². The molecule has 0 saturated heterocycles.